The Morgan fingerprint density at radius 2 is 1.48 bits per heavy atom. The molecule has 0 bridgehead atoms. The number of nitrogens with zero attached hydrogens (tertiary/aromatic N) is 1. The summed E-state index contributed by atoms with van der Waals surface area (Å²) in [7, 11) is 0. The minimum Gasteiger partial charge on any atom is -0.591 e. The predicted molar refractivity (Wildman–Crippen MR) is 94.1 cm³/mol. The van der Waals surface area contributed by atoms with Gasteiger partial charge in [-0.1, -0.05) is 62.8 Å². The molecule has 21 heavy (non-hydrogen) atoms. The van der Waals surface area contributed by atoms with Crippen LogP contribution in [0, 0.1) is 0 Å². The Morgan fingerprint density at radius 1 is 0.952 bits per heavy atom. The van der Waals surface area contributed by atoms with Crippen molar-refractivity contribution in [2.45, 2.75) is 25.5 Å². The summed E-state index contributed by atoms with van der Waals surface area (Å²) >= 11 is 2.14. The molecule has 0 radical (unpaired) electrons. The van der Waals surface area contributed by atoms with E-state index in [1.807, 2.05) is 75.4 Å². The average Bonchev–Trinajstić information content (AvgIpc) is 2.45. The molecule has 0 saturated heterocycles. The van der Waals surface area contributed by atoms with E-state index in [1.54, 1.807) is 0 Å². The Hall–Kier alpha value is -1.10. The third-order valence-electron chi connectivity index (χ3n) is 2.86. The third-order valence-corrected chi connectivity index (χ3v) is 4.79. The maximum absolute atomic E-state index is 12.4. The van der Waals surface area contributed by atoms with E-state index in [9.17, 15) is 4.55 Å². The van der Waals surface area contributed by atoms with Crippen LogP contribution in [0.3, 0.4) is 0 Å². The van der Waals surface area contributed by atoms with Crippen LogP contribution in [0.15, 0.2) is 63.5 Å². The minimum atomic E-state index is -1.30. The van der Waals surface area contributed by atoms with Gasteiger partial charge in [0.05, 0.1) is 0 Å². The summed E-state index contributed by atoms with van der Waals surface area (Å²) in [6, 6.07) is 17.8. The van der Waals surface area contributed by atoms with E-state index in [0.717, 1.165) is 21.3 Å². The molecule has 0 aliphatic carbocycles. The van der Waals surface area contributed by atoms with Gasteiger partial charge in [0.25, 0.3) is 0 Å². The first kappa shape index (κ1) is 16.3. The van der Waals surface area contributed by atoms with Crippen LogP contribution in [0.4, 0.5) is 0 Å². The topological polar surface area (TPSA) is 35.4 Å². The smallest absolute Gasteiger partial charge is 0.144 e. The van der Waals surface area contributed by atoms with Crippen LogP contribution in [0.1, 0.15) is 31.9 Å². The van der Waals surface area contributed by atoms with Crippen molar-refractivity contribution in [1.29, 1.82) is 0 Å². The van der Waals surface area contributed by atoms with E-state index in [2.05, 4.69) is 20.3 Å². The van der Waals surface area contributed by atoms with Crippen molar-refractivity contribution in [1.82, 2.24) is 0 Å². The van der Waals surface area contributed by atoms with Crippen LogP contribution < -0.4 is 0 Å². The summed E-state index contributed by atoms with van der Waals surface area (Å²) in [6.07, 6.45) is 0. The fraction of sp³-hybridized carbons (Fsp3) is 0.235. The Morgan fingerprint density at radius 3 is 2.00 bits per heavy atom. The second-order valence-corrected chi connectivity index (χ2v) is 8.50. The zero-order valence-corrected chi connectivity index (χ0v) is 14.7. The summed E-state index contributed by atoms with van der Waals surface area (Å²) in [5.74, 6) is 0. The third kappa shape index (κ3) is 4.43. The van der Waals surface area contributed by atoms with E-state index >= 15 is 0 Å². The van der Waals surface area contributed by atoms with Crippen LogP contribution in [-0.2, 0) is 11.4 Å². The van der Waals surface area contributed by atoms with E-state index in [4.69, 9.17) is 0 Å². The molecule has 1 atom stereocenters. The van der Waals surface area contributed by atoms with Crippen LogP contribution in [0.2, 0.25) is 0 Å². The summed E-state index contributed by atoms with van der Waals surface area (Å²) in [6.45, 7) is 5.78. The molecule has 2 aromatic rings. The van der Waals surface area contributed by atoms with Gasteiger partial charge in [-0.25, -0.2) is 0 Å². The zero-order chi connectivity index (χ0) is 15.5. The van der Waals surface area contributed by atoms with E-state index < -0.39 is 11.4 Å². The molecule has 2 nitrogen and oxygen atoms in total. The molecule has 0 fully saturated rings. The Bertz CT molecular complexity index is 617. The molecule has 0 spiro atoms. The number of halogens is 1. The average molecular weight is 364 g/mol. The standard InChI is InChI=1S/C17H18BrNOS/c1-17(2,3)21(20)19-16(13-7-5-4-6-8-13)14-9-11-15(18)12-10-14/h4-12H,1-3H3. The van der Waals surface area contributed by atoms with Crippen LogP contribution in [-0.4, -0.2) is 15.0 Å². The van der Waals surface area contributed by atoms with Crippen LogP contribution in [0.5, 0.6) is 0 Å². The molecule has 0 heterocycles. The molecule has 0 aliphatic rings. The van der Waals surface area contributed by atoms with Gasteiger partial charge in [-0.3, -0.25) is 0 Å². The fourth-order valence-corrected chi connectivity index (χ4v) is 2.61. The molecular formula is C17H18BrNOS. The lowest BCUT2D eigenvalue weighted by atomic mass is 10.0. The van der Waals surface area contributed by atoms with Gasteiger partial charge in [0.15, 0.2) is 0 Å². The molecule has 110 valence electrons. The van der Waals surface area contributed by atoms with Crippen molar-refractivity contribution in [2.75, 3.05) is 0 Å². The van der Waals surface area contributed by atoms with Gasteiger partial charge in [-0.2, -0.15) is 0 Å². The monoisotopic (exact) mass is 363 g/mol. The lowest BCUT2D eigenvalue weighted by Gasteiger charge is -2.19. The summed E-state index contributed by atoms with van der Waals surface area (Å²) < 4.78 is 17.5. The normalized spacial score (nSPS) is 14.0. The van der Waals surface area contributed by atoms with Crippen molar-refractivity contribution in [3.8, 4) is 0 Å². The number of hydrogen-bond acceptors (Lipinski definition) is 2. The highest BCUT2D eigenvalue weighted by Gasteiger charge is 2.27. The summed E-state index contributed by atoms with van der Waals surface area (Å²) in [4.78, 5) is 0. The SMILES string of the molecule is CC(C)(C)[S+]([O-])N=C(c1ccccc1)c1ccc(Br)cc1. The van der Waals surface area contributed by atoms with E-state index in [1.165, 1.54) is 0 Å². The van der Waals surface area contributed by atoms with Crippen molar-refractivity contribution in [3.63, 3.8) is 0 Å². The largest absolute Gasteiger partial charge is 0.591 e. The van der Waals surface area contributed by atoms with Gasteiger partial charge in [-0.15, -0.1) is 0 Å². The first-order valence-corrected chi connectivity index (χ1v) is 8.60. The van der Waals surface area contributed by atoms with Crippen molar-refractivity contribution < 1.29 is 4.55 Å². The minimum absolute atomic E-state index is 0.380. The maximum Gasteiger partial charge on any atom is 0.144 e. The van der Waals surface area contributed by atoms with Crippen LogP contribution in [0.25, 0.3) is 0 Å². The number of hydrogen-bond donors (Lipinski definition) is 0. The number of benzene rings is 2. The second-order valence-electron chi connectivity index (χ2n) is 5.67. The molecule has 0 N–H and O–H groups in total. The Balaban J connectivity index is 2.50. The lowest BCUT2D eigenvalue weighted by Crippen LogP contribution is -2.27. The molecule has 4 heteroatoms. The first-order valence-electron chi connectivity index (χ1n) is 6.70. The molecule has 2 rings (SSSR count). The van der Waals surface area contributed by atoms with Crippen molar-refractivity contribution in [2.24, 2.45) is 4.40 Å². The van der Waals surface area contributed by atoms with Gasteiger partial charge >= 0.3 is 0 Å². The quantitative estimate of drug-likeness (QED) is 0.572. The molecular weight excluding hydrogens is 346 g/mol. The highest BCUT2D eigenvalue weighted by Crippen LogP contribution is 2.21. The number of rotatable bonds is 3. The van der Waals surface area contributed by atoms with Gasteiger partial charge in [-0.05, 0) is 32.9 Å². The molecule has 0 aromatic heterocycles. The molecule has 2 aromatic carbocycles. The van der Waals surface area contributed by atoms with Crippen LogP contribution >= 0.6 is 15.9 Å². The second kappa shape index (κ2) is 6.77. The van der Waals surface area contributed by atoms with Gasteiger partial charge in [0.1, 0.15) is 21.8 Å². The zero-order valence-electron chi connectivity index (χ0n) is 12.3. The fourth-order valence-electron chi connectivity index (χ4n) is 1.70. The molecule has 1 unspecified atom stereocenters. The Kier molecular flexibility index (Phi) is 5.25. The van der Waals surface area contributed by atoms with Gasteiger partial charge < -0.3 is 4.55 Å². The highest BCUT2D eigenvalue weighted by molar-refractivity contribution is 9.10. The van der Waals surface area contributed by atoms with Gasteiger partial charge in [0.2, 0.25) is 0 Å². The van der Waals surface area contributed by atoms with Crippen molar-refractivity contribution in [3.05, 3.63) is 70.2 Å². The molecule has 0 amide bonds. The highest BCUT2D eigenvalue weighted by atomic mass is 79.9. The van der Waals surface area contributed by atoms with E-state index in [0.29, 0.717) is 0 Å². The predicted octanol–water partition coefficient (Wildman–Crippen LogP) is 4.75. The summed E-state index contributed by atoms with van der Waals surface area (Å²) in [5, 5.41) is 0. The van der Waals surface area contributed by atoms with Crippen molar-refractivity contribution >= 4 is 33.0 Å². The van der Waals surface area contributed by atoms with E-state index in [-0.39, 0.29) is 4.75 Å². The first-order chi connectivity index (χ1) is 9.88. The molecule has 0 aliphatic heterocycles. The Labute approximate surface area is 137 Å². The molecule has 0 saturated carbocycles. The van der Waals surface area contributed by atoms with Gasteiger partial charge in [0, 0.05) is 15.6 Å². The lowest BCUT2D eigenvalue weighted by molar-refractivity contribution is 0.561. The summed E-state index contributed by atoms with van der Waals surface area (Å²) in [5.41, 5.74) is 2.69. The maximum atomic E-state index is 12.4.